The van der Waals surface area contributed by atoms with Crippen molar-refractivity contribution >= 4 is 48.8 Å². The zero-order valence-electron chi connectivity index (χ0n) is 7.18. The average Bonchev–Trinajstić information content (AvgIpc) is 2.43. The molecule has 1 fully saturated rings. The first kappa shape index (κ1) is 11.2. The molecule has 0 aliphatic carbocycles. The first-order valence-electron chi connectivity index (χ1n) is 3.90. The Balaban J connectivity index is 2.30. The van der Waals surface area contributed by atoms with Gasteiger partial charge >= 0.3 is 9.24 Å². The summed E-state index contributed by atoms with van der Waals surface area (Å²) in [6.45, 7) is 0. The van der Waals surface area contributed by atoms with E-state index in [9.17, 15) is 13.2 Å². The van der Waals surface area contributed by atoms with Crippen LogP contribution < -0.4 is 0 Å². The summed E-state index contributed by atoms with van der Waals surface area (Å²) in [6, 6.07) is 1.15. The summed E-state index contributed by atoms with van der Waals surface area (Å²) in [5.74, 6) is -0.487. The van der Waals surface area contributed by atoms with Crippen LogP contribution in [0.1, 0.15) is 17.3 Å². The van der Waals surface area contributed by atoms with E-state index in [0.29, 0.717) is 9.33 Å². The van der Waals surface area contributed by atoms with Crippen molar-refractivity contribution in [2.45, 2.75) is 12.5 Å². The fourth-order valence-corrected chi connectivity index (χ4v) is 3.96. The monoisotopic (exact) mass is 285 g/mol. The largest absolute Gasteiger partial charge is 0.324 e. The number of thiophene rings is 1. The van der Waals surface area contributed by atoms with Gasteiger partial charge in [-0.15, -0.1) is 11.3 Å². The van der Waals surface area contributed by atoms with Gasteiger partial charge in [-0.25, -0.2) is 4.31 Å². The third-order valence-electron chi connectivity index (χ3n) is 2.05. The Labute approximate surface area is 100.0 Å². The molecular weight excluding hydrogens is 281 g/mol. The smallest absolute Gasteiger partial charge is 0.274 e. The van der Waals surface area contributed by atoms with Crippen molar-refractivity contribution in [3.63, 3.8) is 0 Å². The highest BCUT2D eigenvalue weighted by atomic mass is 35.7. The molecule has 1 aromatic rings. The molecule has 1 aliphatic heterocycles. The molecule has 0 spiro atoms. The predicted molar refractivity (Wildman–Crippen MR) is 58.3 cm³/mol. The van der Waals surface area contributed by atoms with Gasteiger partial charge in [-0.05, 0) is 6.07 Å². The molecule has 0 N–H and O–H groups in total. The molecule has 1 saturated heterocycles. The molecule has 1 unspecified atom stereocenters. The quantitative estimate of drug-likeness (QED) is 0.618. The minimum Gasteiger partial charge on any atom is -0.274 e. The number of β-lactam (4-membered cyclic amide) rings is 1. The molecule has 0 bridgehead atoms. The van der Waals surface area contributed by atoms with E-state index >= 15 is 0 Å². The van der Waals surface area contributed by atoms with Crippen molar-refractivity contribution in [2.75, 3.05) is 0 Å². The van der Waals surface area contributed by atoms with Crippen molar-refractivity contribution in [3.8, 4) is 0 Å². The molecule has 1 atom stereocenters. The van der Waals surface area contributed by atoms with Gasteiger partial charge in [0.1, 0.15) is 0 Å². The molecule has 15 heavy (non-hydrogen) atoms. The van der Waals surface area contributed by atoms with E-state index in [4.69, 9.17) is 22.3 Å². The lowest BCUT2D eigenvalue weighted by molar-refractivity contribution is -0.137. The lowest BCUT2D eigenvalue weighted by Gasteiger charge is -2.36. The lowest BCUT2D eigenvalue weighted by atomic mass is 10.1. The minimum absolute atomic E-state index is 0.156. The number of nitrogens with zero attached hydrogens (tertiary/aromatic N) is 1. The Morgan fingerprint density at radius 1 is 1.53 bits per heavy atom. The highest BCUT2D eigenvalue weighted by molar-refractivity contribution is 8.12. The van der Waals surface area contributed by atoms with Gasteiger partial charge in [-0.3, -0.25) is 4.79 Å². The second-order valence-electron chi connectivity index (χ2n) is 3.02. The van der Waals surface area contributed by atoms with Gasteiger partial charge in [0.25, 0.3) is 0 Å². The summed E-state index contributed by atoms with van der Waals surface area (Å²) in [5, 5.41) is 2.21. The van der Waals surface area contributed by atoms with Gasteiger partial charge in [0, 0.05) is 20.9 Å². The molecule has 82 valence electrons. The van der Waals surface area contributed by atoms with Crippen molar-refractivity contribution in [2.24, 2.45) is 0 Å². The number of hydrogen-bond donors (Lipinski definition) is 0. The SMILES string of the molecule is O=C1CC(c2cc(Cl)cs2)N1S(=O)(=O)Cl. The van der Waals surface area contributed by atoms with Gasteiger partial charge in [0.2, 0.25) is 5.91 Å². The molecule has 4 nitrogen and oxygen atoms in total. The van der Waals surface area contributed by atoms with Crippen LogP contribution in [-0.4, -0.2) is 18.6 Å². The van der Waals surface area contributed by atoms with Crippen LogP contribution in [0.3, 0.4) is 0 Å². The number of hydrogen-bond acceptors (Lipinski definition) is 4. The molecule has 0 aromatic carbocycles. The summed E-state index contributed by atoms with van der Waals surface area (Å²) in [4.78, 5) is 11.8. The van der Waals surface area contributed by atoms with Crippen LogP contribution in [0, 0.1) is 0 Å². The number of carbonyl (C=O) groups is 1. The Morgan fingerprint density at radius 2 is 2.20 bits per heavy atom. The molecule has 1 amide bonds. The molecular formula is C7H5Cl2NO3S2. The number of rotatable bonds is 2. The van der Waals surface area contributed by atoms with Crippen LogP contribution in [0.4, 0.5) is 0 Å². The zero-order valence-corrected chi connectivity index (χ0v) is 10.3. The predicted octanol–water partition coefficient (Wildman–Crippen LogP) is 2.16. The van der Waals surface area contributed by atoms with E-state index in [2.05, 4.69) is 0 Å². The Bertz CT molecular complexity index is 510. The van der Waals surface area contributed by atoms with Gasteiger partial charge < -0.3 is 0 Å². The van der Waals surface area contributed by atoms with Gasteiger partial charge in [0.15, 0.2) is 0 Å². The van der Waals surface area contributed by atoms with E-state index in [1.54, 1.807) is 11.4 Å². The van der Waals surface area contributed by atoms with Crippen LogP contribution in [-0.2, 0) is 14.0 Å². The molecule has 1 aliphatic rings. The summed E-state index contributed by atoms with van der Waals surface area (Å²) < 4.78 is 22.8. The first-order valence-corrected chi connectivity index (χ1v) is 7.43. The normalized spacial score (nSPS) is 21.6. The Kier molecular flexibility index (Phi) is 2.70. The highest BCUT2D eigenvalue weighted by Crippen LogP contribution is 2.41. The summed E-state index contributed by atoms with van der Waals surface area (Å²) in [5.41, 5.74) is 0. The van der Waals surface area contributed by atoms with Crippen LogP contribution in [0.5, 0.6) is 0 Å². The van der Waals surface area contributed by atoms with Crippen LogP contribution in [0.25, 0.3) is 0 Å². The summed E-state index contributed by atoms with van der Waals surface area (Å²) in [7, 11) is 1.15. The zero-order chi connectivity index (χ0) is 11.2. The Hall–Kier alpha value is -0.300. The number of halogens is 2. The minimum atomic E-state index is -3.98. The molecule has 2 rings (SSSR count). The van der Waals surface area contributed by atoms with Gasteiger partial charge in [0.05, 0.1) is 17.5 Å². The van der Waals surface area contributed by atoms with Crippen LogP contribution in [0.2, 0.25) is 5.02 Å². The maximum atomic E-state index is 11.1. The molecule has 0 radical (unpaired) electrons. The Morgan fingerprint density at radius 3 is 2.60 bits per heavy atom. The van der Waals surface area contributed by atoms with E-state index < -0.39 is 21.2 Å². The fourth-order valence-electron chi connectivity index (χ4n) is 1.39. The lowest BCUT2D eigenvalue weighted by Crippen LogP contribution is -2.47. The van der Waals surface area contributed by atoms with Gasteiger partial charge in [-0.2, -0.15) is 8.42 Å². The second kappa shape index (κ2) is 3.62. The topological polar surface area (TPSA) is 54.5 Å². The van der Waals surface area contributed by atoms with E-state index in [-0.39, 0.29) is 6.42 Å². The third kappa shape index (κ3) is 1.99. The van der Waals surface area contributed by atoms with E-state index in [0.717, 1.165) is 4.88 Å². The summed E-state index contributed by atoms with van der Waals surface area (Å²) in [6.07, 6.45) is 0.156. The van der Waals surface area contributed by atoms with Crippen molar-refractivity contribution in [1.29, 1.82) is 0 Å². The molecule has 0 saturated carbocycles. The van der Waals surface area contributed by atoms with Crippen LogP contribution in [0.15, 0.2) is 11.4 Å². The molecule has 8 heteroatoms. The van der Waals surface area contributed by atoms with Gasteiger partial charge in [-0.1, -0.05) is 11.6 Å². The number of carbonyl (C=O) groups excluding carboxylic acids is 1. The average molecular weight is 286 g/mol. The van der Waals surface area contributed by atoms with Crippen molar-refractivity contribution < 1.29 is 13.2 Å². The standard InChI is InChI=1S/C7H5Cl2NO3S2/c8-4-1-6(14-3-4)5-2-7(11)10(5)15(9,12)13/h1,3,5H,2H2. The maximum absolute atomic E-state index is 11.1. The van der Waals surface area contributed by atoms with Crippen LogP contribution >= 0.6 is 33.6 Å². The van der Waals surface area contributed by atoms with Crippen molar-refractivity contribution in [3.05, 3.63) is 21.3 Å². The third-order valence-corrected chi connectivity index (χ3v) is 4.80. The first-order chi connectivity index (χ1) is 6.89. The van der Waals surface area contributed by atoms with E-state index in [1.165, 1.54) is 11.3 Å². The highest BCUT2D eigenvalue weighted by Gasteiger charge is 2.45. The molecule has 1 aromatic heterocycles. The number of amides is 1. The fraction of sp³-hybridized carbons (Fsp3) is 0.286. The molecule has 2 heterocycles. The summed E-state index contributed by atoms with van der Waals surface area (Å²) >= 11 is 7.01. The van der Waals surface area contributed by atoms with Crippen molar-refractivity contribution in [1.82, 2.24) is 4.31 Å². The van der Waals surface area contributed by atoms with E-state index in [1.807, 2.05) is 0 Å². The maximum Gasteiger partial charge on any atom is 0.324 e. The second-order valence-corrected chi connectivity index (χ2v) is 6.79.